The first-order chi connectivity index (χ1) is 9.36. The van der Waals surface area contributed by atoms with Gasteiger partial charge in [0.25, 0.3) is 0 Å². The molecule has 0 atom stereocenters. The lowest BCUT2D eigenvalue weighted by molar-refractivity contribution is -0.130. The summed E-state index contributed by atoms with van der Waals surface area (Å²) in [7, 11) is 0. The van der Waals surface area contributed by atoms with Crippen molar-refractivity contribution in [3.8, 4) is 0 Å². The van der Waals surface area contributed by atoms with Crippen LogP contribution in [0.2, 0.25) is 0 Å². The van der Waals surface area contributed by atoms with Gasteiger partial charge in [0, 0.05) is 19.1 Å². The van der Waals surface area contributed by atoms with E-state index in [0.29, 0.717) is 19.1 Å². The van der Waals surface area contributed by atoms with Gasteiger partial charge < -0.3 is 15.7 Å². The molecule has 0 bridgehead atoms. The normalized spacial score (nSPS) is 23.9. The SMILES string of the molecule is CC(C)C1CCC(NC(=O)C(C)(C)CNCCO)CC1. The molecular formula is C16H32N2O2. The Morgan fingerprint density at radius 2 is 1.85 bits per heavy atom. The minimum absolute atomic E-state index is 0.108. The van der Waals surface area contributed by atoms with Crippen LogP contribution in [0, 0.1) is 17.3 Å². The first kappa shape index (κ1) is 17.4. The molecular weight excluding hydrogens is 252 g/mol. The van der Waals surface area contributed by atoms with Crippen LogP contribution < -0.4 is 10.6 Å². The molecule has 0 aromatic rings. The van der Waals surface area contributed by atoms with E-state index in [9.17, 15) is 4.79 Å². The number of rotatable bonds is 7. The summed E-state index contributed by atoms with van der Waals surface area (Å²) in [6, 6.07) is 0.342. The lowest BCUT2D eigenvalue weighted by atomic mass is 9.79. The maximum atomic E-state index is 12.3. The zero-order chi connectivity index (χ0) is 15.2. The molecule has 0 saturated heterocycles. The molecule has 0 heterocycles. The molecule has 0 unspecified atom stereocenters. The number of aliphatic hydroxyl groups is 1. The number of carbonyl (C=O) groups is 1. The largest absolute Gasteiger partial charge is 0.395 e. The molecule has 3 N–H and O–H groups in total. The Hall–Kier alpha value is -0.610. The third kappa shape index (κ3) is 5.41. The lowest BCUT2D eigenvalue weighted by Crippen LogP contribution is -2.48. The van der Waals surface area contributed by atoms with Crippen LogP contribution in [0.25, 0.3) is 0 Å². The van der Waals surface area contributed by atoms with Crippen molar-refractivity contribution < 1.29 is 9.90 Å². The summed E-state index contributed by atoms with van der Waals surface area (Å²) < 4.78 is 0. The van der Waals surface area contributed by atoms with Gasteiger partial charge in [0.05, 0.1) is 12.0 Å². The Morgan fingerprint density at radius 3 is 2.35 bits per heavy atom. The molecule has 0 aromatic heterocycles. The van der Waals surface area contributed by atoms with Gasteiger partial charge in [-0.05, 0) is 51.4 Å². The topological polar surface area (TPSA) is 61.4 Å². The Bertz CT molecular complexity index is 295. The number of hydrogen-bond donors (Lipinski definition) is 3. The fourth-order valence-electron chi connectivity index (χ4n) is 2.87. The van der Waals surface area contributed by atoms with Crippen molar-refractivity contribution in [1.82, 2.24) is 10.6 Å². The zero-order valence-corrected chi connectivity index (χ0v) is 13.5. The second-order valence-corrected chi connectivity index (χ2v) is 7.11. The Labute approximate surface area is 123 Å². The molecule has 1 saturated carbocycles. The number of nitrogens with one attached hydrogen (secondary N) is 2. The number of hydrogen-bond acceptors (Lipinski definition) is 3. The Balaban J connectivity index is 2.35. The quantitative estimate of drug-likeness (QED) is 0.626. The van der Waals surface area contributed by atoms with Crippen molar-refractivity contribution in [2.45, 2.75) is 59.4 Å². The van der Waals surface area contributed by atoms with Crippen LogP contribution in [0.3, 0.4) is 0 Å². The summed E-state index contributed by atoms with van der Waals surface area (Å²) in [5.41, 5.74) is -0.427. The minimum atomic E-state index is -0.427. The smallest absolute Gasteiger partial charge is 0.227 e. The third-order valence-electron chi connectivity index (χ3n) is 4.52. The van der Waals surface area contributed by atoms with Gasteiger partial charge in [-0.1, -0.05) is 13.8 Å². The first-order valence-electron chi connectivity index (χ1n) is 7.99. The number of aliphatic hydroxyl groups excluding tert-OH is 1. The predicted molar refractivity (Wildman–Crippen MR) is 82.5 cm³/mol. The highest BCUT2D eigenvalue weighted by Gasteiger charge is 2.30. The maximum absolute atomic E-state index is 12.3. The van der Waals surface area contributed by atoms with Crippen LogP contribution in [0.5, 0.6) is 0 Å². The van der Waals surface area contributed by atoms with E-state index >= 15 is 0 Å². The van der Waals surface area contributed by atoms with Crippen molar-refractivity contribution in [3.63, 3.8) is 0 Å². The Morgan fingerprint density at radius 1 is 1.25 bits per heavy atom. The van der Waals surface area contributed by atoms with Gasteiger partial charge in [-0.15, -0.1) is 0 Å². The van der Waals surface area contributed by atoms with Gasteiger partial charge in [-0.3, -0.25) is 4.79 Å². The summed E-state index contributed by atoms with van der Waals surface area (Å²) >= 11 is 0. The van der Waals surface area contributed by atoms with Crippen LogP contribution in [-0.4, -0.2) is 36.8 Å². The van der Waals surface area contributed by atoms with Crippen LogP contribution in [0.15, 0.2) is 0 Å². The van der Waals surface area contributed by atoms with Gasteiger partial charge >= 0.3 is 0 Å². The van der Waals surface area contributed by atoms with Crippen LogP contribution in [0.4, 0.5) is 0 Å². The van der Waals surface area contributed by atoms with E-state index in [1.54, 1.807) is 0 Å². The molecule has 20 heavy (non-hydrogen) atoms. The highest BCUT2D eigenvalue weighted by Crippen LogP contribution is 2.30. The van der Waals surface area contributed by atoms with Gasteiger partial charge in [-0.2, -0.15) is 0 Å². The van der Waals surface area contributed by atoms with Crippen molar-refractivity contribution in [3.05, 3.63) is 0 Å². The molecule has 1 rings (SSSR count). The summed E-state index contributed by atoms with van der Waals surface area (Å²) in [6.45, 7) is 9.73. The van der Waals surface area contributed by atoms with E-state index in [1.807, 2.05) is 13.8 Å². The monoisotopic (exact) mass is 284 g/mol. The van der Waals surface area contributed by atoms with E-state index in [1.165, 1.54) is 12.8 Å². The van der Waals surface area contributed by atoms with Crippen molar-refractivity contribution in [2.75, 3.05) is 19.7 Å². The van der Waals surface area contributed by atoms with Gasteiger partial charge in [0.1, 0.15) is 0 Å². The predicted octanol–water partition coefficient (Wildman–Crippen LogP) is 1.93. The van der Waals surface area contributed by atoms with Gasteiger partial charge in [-0.25, -0.2) is 0 Å². The van der Waals surface area contributed by atoms with E-state index in [-0.39, 0.29) is 12.5 Å². The molecule has 4 nitrogen and oxygen atoms in total. The van der Waals surface area contributed by atoms with E-state index in [2.05, 4.69) is 24.5 Å². The summed E-state index contributed by atoms with van der Waals surface area (Å²) in [4.78, 5) is 12.3. The summed E-state index contributed by atoms with van der Waals surface area (Å²) in [5.74, 6) is 1.70. The molecule has 0 aliphatic heterocycles. The average molecular weight is 284 g/mol. The number of amides is 1. The molecule has 1 amide bonds. The first-order valence-corrected chi connectivity index (χ1v) is 7.99. The van der Waals surface area contributed by atoms with E-state index in [0.717, 1.165) is 24.7 Å². The maximum Gasteiger partial charge on any atom is 0.227 e. The zero-order valence-electron chi connectivity index (χ0n) is 13.5. The summed E-state index contributed by atoms with van der Waals surface area (Å²) in [6.07, 6.45) is 4.67. The van der Waals surface area contributed by atoms with Gasteiger partial charge in [0.15, 0.2) is 0 Å². The molecule has 0 aromatic carbocycles. The van der Waals surface area contributed by atoms with Crippen LogP contribution >= 0.6 is 0 Å². The molecule has 0 radical (unpaired) electrons. The average Bonchev–Trinajstić information content (AvgIpc) is 2.39. The molecule has 1 fully saturated rings. The molecule has 0 spiro atoms. The standard InChI is InChI=1S/C16H32N2O2/c1-12(2)13-5-7-14(8-6-13)18-15(20)16(3,4)11-17-9-10-19/h12-14,17,19H,5-11H2,1-4H3,(H,18,20). The van der Waals surface area contributed by atoms with Crippen molar-refractivity contribution in [2.24, 2.45) is 17.3 Å². The third-order valence-corrected chi connectivity index (χ3v) is 4.52. The number of carbonyl (C=O) groups excluding carboxylic acids is 1. The fraction of sp³-hybridized carbons (Fsp3) is 0.938. The van der Waals surface area contributed by atoms with Crippen LogP contribution in [-0.2, 0) is 4.79 Å². The van der Waals surface area contributed by atoms with E-state index in [4.69, 9.17) is 5.11 Å². The molecule has 1 aliphatic rings. The Kier molecular flexibility index (Phi) is 6.96. The van der Waals surface area contributed by atoms with Gasteiger partial charge in [0.2, 0.25) is 5.91 Å². The second-order valence-electron chi connectivity index (χ2n) is 7.11. The second kappa shape index (κ2) is 7.99. The van der Waals surface area contributed by atoms with Crippen molar-refractivity contribution in [1.29, 1.82) is 0 Å². The molecule has 4 heteroatoms. The highest BCUT2D eigenvalue weighted by molar-refractivity contribution is 5.82. The van der Waals surface area contributed by atoms with Crippen LogP contribution in [0.1, 0.15) is 53.4 Å². The van der Waals surface area contributed by atoms with Crippen molar-refractivity contribution >= 4 is 5.91 Å². The lowest BCUT2D eigenvalue weighted by Gasteiger charge is -2.33. The molecule has 1 aliphatic carbocycles. The minimum Gasteiger partial charge on any atom is -0.395 e. The summed E-state index contributed by atoms with van der Waals surface area (Å²) in [5, 5.41) is 15.1. The molecule has 118 valence electrons. The highest BCUT2D eigenvalue weighted by atomic mass is 16.3. The fourth-order valence-corrected chi connectivity index (χ4v) is 2.87. The van der Waals surface area contributed by atoms with E-state index < -0.39 is 5.41 Å².